The summed E-state index contributed by atoms with van der Waals surface area (Å²) in [6.07, 6.45) is 0.615. The number of carbonyl (C=O) groups is 1. The van der Waals surface area contributed by atoms with Crippen LogP contribution in [0.2, 0.25) is 0 Å². The summed E-state index contributed by atoms with van der Waals surface area (Å²) in [5, 5.41) is 0. The fourth-order valence-electron chi connectivity index (χ4n) is 2.30. The Bertz CT molecular complexity index is 282. The van der Waals surface area contributed by atoms with Gasteiger partial charge in [0, 0.05) is 26.1 Å². The van der Waals surface area contributed by atoms with Crippen molar-refractivity contribution in [2.24, 2.45) is 0 Å². The molecule has 1 saturated heterocycles. The zero-order valence-corrected chi connectivity index (χ0v) is 11.0. The molecule has 3 nitrogen and oxygen atoms in total. The fourth-order valence-corrected chi connectivity index (χ4v) is 2.30. The Morgan fingerprint density at radius 3 is 2.53 bits per heavy atom. The number of carbonyl (C=O) groups excluding carboxylic acids is 1. The predicted molar refractivity (Wildman–Crippen MR) is 63.1 cm³/mol. The number of nitrogens with zero attached hydrogens (tertiary/aromatic N) is 2. The van der Waals surface area contributed by atoms with Gasteiger partial charge in [-0.15, -0.1) is 0 Å². The molecule has 0 saturated carbocycles. The van der Waals surface area contributed by atoms with Crippen LogP contribution in [0.15, 0.2) is 0 Å². The molecular formula is C12H22F2N2O. The molecule has 1 aliphatic rings. The van der Waals surface area contributed by atoms with Crippen LogP contribution in [0.25, 0.3) is 0 Å². The van der Waals surface area contributed by atoms with Gasteiger partial charge in [-0.1, -0.05) is 6.92 Å². The van der Waals surface area contributed by atoms with Gasteiger partial charge in [-0.25, -0.2) is 8.78 Å². The topological polar surface area (TPSA) is 23.6 Å². The van der Waals surface area contributed by atoms with Gasteiger partial charge in [0.15, 0.2) is 0 Å². The number of amides is 1. The second-order valence-corrected chi connectivity index (χ2v) is 4.99. The minimum Gasteiger partial charge on any atom is -0.337 e. The smallest absolute Gasteiger partial charge is 0.280 e. The van der Waals surface area contributed by atoms with E-state index in [1.54, 1.807) is 11.8 Å². The summed E-state index contributed by atoms with van der Waals surface area (Å²) >= 11 is 0. The molecule has 0 spiro atoms. The average molecular weight is 248 g/mol. The molecular weight excluding hydrogens is 226 g/mol. The maximum Gasteiger partial charge on any atom is 0.280 e. The van der Waals surface area contributed by atoms with Crippen molar-refractivity contribution in [2.75, 3.05) is 20.1 Å². The van der Waals surface area contributed by atoms with Gasteiger partial charge in [0.2, 0.25) is 5.91 Å². The van der Waals surface area contributed by atoms with E-state index in [0.717, 1.165) is 0 Å². The van der Waals surface area contributed by atoms with Gasteiger partial charge in [-0.05, 0) is 20.3 Å². The maximum atomic E-state index is 14.0. The van der Waals surface area contributed by atoms with Crippen LogP contribution in [0.3, 0.4) is 0 Å². The number of hydrogen-bond acceptors (Lipinski definition) is 2. The molecule has 1 rings (SSSR count). The molecule has 1 unspecified atom stereocenters. The average Bonchev–Trinajstić information content (AvgIpc) is 2.25. The summed E-state index contributed by atoms with van der Waals surface area (Å²) < 4.78 is 28.0. The molecule has 1 heterocycles. The van der Waals surface area contributed by atoms with Crippen molar-refractivity contribution in [3.05, 3.63) is 0 Å². The lowest BCUT2D eigenvalue weighted by molar-refractivity contribution is -0.154. The van der Waals surface area contributed by atoms with Gasteiger partial charge < -0.3 is 4.90 Å². The lowest BCUT2D eigenvalue weighted by Crippen LogP contribution is -2.59. The molecule has 0 aromatic heterocycles. The van der Waals surface area contributed by atoms with Crippen molar-refractivity contribution >= 4 is 5.91 Å². The SMILES string of the molecule is CCC(=O)N(C)C1CCN(C(C)C)CC1(F)F. The van der Waals surface area contributed by atoms with Crippen LogP contribution >= 0.6 is 0 Å². The Morgan fingerprint density at radius 1 is 1.53 bits per heavy atom. The summed E-state index contributed by atoms with van der Waals surface area (Å²) in [7, 11) is 1.48. The Balaban J connectivity index is 2.74. The van der Waals surface area contributed by atoms with Gasteiger partial charge in [-0.3, -0.25) is 9.69 Å². The number of piperidine rings is 1. The molecule has 100 valence electrons. The van der Waals surface area contributed by atoms with Crippen LogP contribution in [0, 0.1) is 0 Å². The second-order valence-electron chi connectivity index (χ2n) is 4.99. The van der Waals surface area contributed by atoms with Crippen LogP contribution in [-0.2, 0) is 4.79 Å². The van der Waals surface area contributed by atoms with Crippen molar-refractivity contribution in [1.82, 2.24) is 9.80 Å². The molecule has 1 aliphatic heterocycles. The van der Waals surface area contributed by atoms with Crippen molar-refractivity contribution in [3.63, 3.8) is 0 Å². The summed E-state index contributed by atoms with van der Waals surface area (Å²) in [6.45, 7) is 5.89. The minimum atomic E-state index is -2.82. The van der Waals surface area contributed by atoms with E-state index in [0.29, 0.717) is 13.0 Å². The third-order valence-corrected chi connectivity index (χ3v) is 3.48. The van der Waals surface area contributed by atoms with E-state index in [1.807, 2.05) is 13.8 Å². The molecule has 1 fully saturated rings. The van der Waals surface area contributed by atoms with Gasteiger partial charge in [0.1, 0.15) is 0 Å². The van der Waals surface area contributed by atoms with E-state index < -0.39 is 12.0 Å². The van der Waals surface area contributed by atoms with Gasteiger partial charge in [0.25, 0.3) is 5.92 Å². The highest BCUT2D eigenvalue weighted by molar-refractivity contribution is 5.76. The summed E-state index contributed by atoms with van der Waals surface area (Å²) in [5.41, 5.74) is 0. The van der Waals surface area contributed by atoms with Crippen molar-refractivity contribution in [2.45, 2.75) is 51.6 Å². The van der Waals surface area contributed by atoms with Gasteiger partial charge >= 0.3 is 0 Å². The molecule has 0 N–H and O–H groups in total. The zero-order valence-electron chi connectivity index (χ0n) is 11.0. The lowest BCUT2D eigenvalue weighted by atomic mass is 9.98. The molecule has 1 amide bonds. The minimum absolute atomic E-state index is 0.119. The number of rotatable bonds is 3. The number of likely N-dealkylation sites (tertiary alicyclic amines) is 1. The molecule has 0 aromatic carbocycles. The Hall–Kier alpha value is -0.710. The Morgan fingerprint density at radius 2 is 2.12 bits per heavy atom. The Labute approximate surface area is 102 Å². The van der Waals surface area contributed by atoms with Crippen molar-refractivity contribution in [3.8, 4) is 0 Å². The highest BCUT2D eigenvalue weighted by Gasteiger charge is 2.47. The van der Waals surface area contributed by atoms with Crippen molar-refractivity contribution in [1.29, 1.82) is 0 Å². The molecule has 5 heteroatoms. The zero-order chi connectivity index (χ0) is 13.2. The van der Waals surface area contributed by atoms with E-state index in [4.69, 9.17) is 0 Å². The van der Waals surface area contributed by atoms with E-state index in [-0.39, 0.29) is 24.9 Å². The summed E-state index contributed by atoms with van der Waals surface area (Å²) in [4.78, 5) is 14.5. The van der Waals surface area contributed by atoms with E-state index >= 15 is 0 Å². The van der Waals surface area contributed by atoms with Crippen molar-refractivity contribution < 1.29 is 13.6 Å². The van der Waals surface area contributed by atoms with Crippen LogP contribution in [0.1, 0.15) is 33.6 Å². The normalized spacial score (nSPS) is 25.0. The fraction of sp³-hybridized carbons (Fsp3) is 0.917. The monoisotopic (exact) mass is 248 g/mol. The van der Waals surface area contributed by atoms with Crippen LogP contribution < -0.4 is 0 Å². The molecule has 17 heavy (non-hydrogen) atoms. The third-order valence-electron chi connectivity index (χ3n) is 3.48. The molecule has 0 radical (unpaired) electrons. The van der Waals surface area contributed by atoms with Gasteiger partial charge in [0.05, 0.1) is 12.6 Å². The first kappa shape index (κ1) is 14.4. The number of halogens is 2. The largest absolute Gasteiger partial charge is 0.337 e. The number of hydrogen-bond donors (Lipinski definition) is 0. The van der Waals surface area contributed by atoms with E-state index in [2.05, 4.69) is 0 Å². The van der Waals surface area contributed by atoms with Crippen LogP contribution in [-0.4, -0.2) is 53.9 Å². The summed E-state index contributed by atoms with van der Waals surface area (Å²) in [5.74, 6) is -3.03. The lowest BCUT2D eigenvalue weighted by Gasteiger charge is -2.43. The van der Waals surface area contributed by atoms with Crippen LogP contribution in [0.5, 0.6) is 0 Å². The van der Waals surface area contributed by atoms with Gasteiger partial charge in [-0.2, -0.15) is 0 Å². The highest BCUT2D eigenvalue weighted by atomic mass is 19.3. The predicted octanol–water partition coefficient (Wildman–Crippen LogP) is 1.97. The first-order chi connectivity index (χ1) is 7.79. The number of alkyl halides is 2. The van der Waals surface area contributed by atoms with E-state index in [1.165, 1.54) is 11.9 Å². The Kier molecular flexibility index (Phi) is 4.47. The first-order valence-corrected chi connectivity index (χ1v) is 6.17. The molecule has 1 atom stereocenters. The first-order valence-electron chi connectivity index (χ1n) is 6.17. The van der Waals surface area contributed by atoms with Crippen LogP contribution in [0.4, 0.5) is 8.78 Å². The third kappa shape index (κ3) is 3.15. The quantitative estimate of drug-likeness (QED) is 0.762. The highest BCUT2D eigenvalue weighted by Crippen LogP contribution is 2.31. The van der Waals surface area contributed by atoms with E-state index in [9.17, 15) is 13.6 Å². The maximum absolute atomic E-state index is 14.0. The second kappa shape index (κ2) is 5.29. The summed E-state index contributed by atoms with van der Waals surface area (Å²) in [6, 6.07) is -0.834. The molecule has 0 aliphatic carbocycles. The standard InChI is InChI=1S/C12H22F2N2O/c1-5-11(17)15(4)10-6-7-16(9(2)3)8-12(10,13)14/h9-10H,5-8H2,1-4H3. The molecule has 0 bridgehead atoms. The molecule has 0 aromatic rings.